The maximum absolute atomic E-state index is 14.3. The number of carbonyl (C=O) groups excluding carboxylic acids is 3. The van der Waals surface area contributed by atoms with Crippen molar-refractivity contribution in [1.29, 1.82) is 0 Å². The van der Waals surface area contributed by atoms with E-state index in [2.05, 4.69) is 22.3 Å². The summed E-state index contributed by atoms with van der Waals surface area (Å²) in [6.07, 6.45) is 0.00871. The fraction of sp³-hybridized carbons (Fsp3) is 0.289. The normalized spacial score (nSPS) is 14.1. The third kappa shape index (κ3) is 9.13. The summed E-state index contributed by atoms with van der Waals surface area (Å²) in [4.78, 5) is 43.7. The molecule has 0 bridgehead atoms. The lowest BCUT2D eigenvalue weighted by Gasteiger charge is -2.39. The summed E-state index contributed by atoms with van der Waals surface area (Å²) >= 11 is 0. The Kier molecular flexibility index (Phi) is 11.5. The van der Waals surface area contributed by atoms with Gasteiger partial charge in [0.1, 0.15) is 30.8 Å². The topological polar surface area (TPSA) is 114 Å². The highest BCUT2D eigenvalue weighted by Gasteiger charge is 2.37. The molecule has 1 heterocycles. The molecule has 0 aromatic heterocycles. The monoisotopic (exact) mass is 634 g/mol. The maximum Gasteiger partial charge on any atom is 0.245 e. The lowest BCUT2D eigenvalue weighted by Crippen LogP contribution is -2.57. The van der Waals surface area contributed by atoms with Gasteiger partial charge in [-0.15, -0.1) is 0 Å². The number of carbonyl (C=O) groups is 3. The molecule has 0 saturated carbocycles. The van der Waals surface area contributed by atoms with Crippen molar-refractivity contribution in [2.24, 2.45) is 5.73 Å². The summed E-state index contributed by atoms with van der Waals surface area (Å²) in [6.45, 7) is 4.56. The van der Waals surface area contributed by atoms with Crippen molar-refractivity contribution in [2.45, 2.75) is 44.9 Å². The fourth-order valence-corrected chi connectivity index (χ4v) is 5.77. The average Bonchev–Trinajstić information content (AvgIpc) is 3.12. The van der Waals surface area contributed by atoms with Crippen LogP contribution < -0.4 is 25.4 Å². The number of amides is 3. The van der Waals surface area contributed by atoms with Crippen molar-refractivity contribution in [3.05, 3.63) is 126 Å². The molecule has 5 rings (SSSR count). The molecule has 9 nitrogen and oxygen atoms in total. The summed E-state index contributed by atoms with van der Waals surface area (Å²) in [7, 11) is 0. The van der Waals surface area contributed by atoms with E-state index in [9.17, 15) is 14.4 Å². The SMILES string of the molecule is CCC(=O)N[C@H](C(=O)N1CCN(c2ccccc2)CC1)C(CC(N)=O)c1ccc(OCc2ccccc2)cc1OCc1ccccc1. The smallest absolute Gasteiger partial charge is 0.245 e. The first kappa shape index (κ1) is 33.1. The van der Waals surface area contributed by atoms with E-state index in [4.69, 9.17) is 15.2 Å². The van der Waals surface area contributed by atoms with Crippen LogP contribution in [0, 0.1) is 0 Å². The molecule has 244 valence electrons. The van der Waals surface area contributed by atoms with E-state index in [0.717, 1.165) is 16.8 Å². The number of nitrogens with one attached hydrogen (secondary N) is 1. The molecular formula is C38H42N4O5. The first-order chi connectivity index (χ1) is 22.9. The van der Waals surface area contributed by atoms with Gasteiger partial charge in [0.05, 0.1) is 0 Å². The number of ether oxygens (including phenoxy) is 2. The van der Waals surface area contributed by atoms with Crippen LogP contribution in [-0.4, -0.2) is 54.8 Å². The lowest BCUT2D eigenvalue weighted by atomic mass is 9.86. The van der Waals surface area contributed by atoms with Crippen LogP contribution in [0.3, 0.4) is 0 Å². The number of nitrogens with zero attached hydrogens (tertiary/aromatic N) is 2. The maximum atomic E-state index is 14.3. The third-order valence-electron chi connectivity index (χ3n) is 8.31. The van der Waals surface area contributed by atoms with E-state index in [1.807, 2.05) is 78.9 Å². The van der Waals surface area contributed by atoms with Crippen molar-refractivity contribution in [3.8, 4) is 11.5 Å². The molecule has 0 spiro atoms. The summed E-state index contributed by atoms with van der Waals surface area (Å²) in [5.74, 6) is -0.916. The average molecular weight is 635 g/mol. The Morgan fingerprint density at radius 2 is 1.34 bits per heavy atom. The van der Waals surface area contributed by atoms with Crippen LogP contribution in [-0.2, 0) is 27.6 Å². The standard InChI is InChI=1S/C38H42N4O5/c1-2-36(44)40-37(38(45)42-22-20-41(21-23-42)30-16-10-5-11-17-30)33(25-35(39)43)32-19-18-31(46-26-28-12-6-3-7-13-28)24-34(32)47-27-29-14-8-4-9-15-29/h3-19,24,33,37H,2,20-23,25-27H2,1H3,(H2,39,43)(H,40,44)/t33?,37-/m0/s1. The molecule has 1 saturated heterocycles. The van der Waals surface area contributed by atoms with Crippen molar-refractivity contribution < 1.29 is 23.9 Å². The molecule has 1 unspecified atom stereocenters. The van der Waals surface area contributed by atoms with Gasteiger partial charge in [0, 0.05) is 62.3 Å². The van der Waals surface area contributed by atoms with Crippen molar-refractivity contribution in [1.82, 2.24) is 10.2 Å². The summed E-state index contributed by atoms with van der Waals surface area (Å²) in [5, 5.41) is 2.93. The summed E-state index contributed by atoms with van der Waals surface area (Å²) in [6, 6.07) is 33.9. The van der Waals surface area contributed by atoms with Crippen LogP contribution >= 0.6 is 0 Å². The molecule has 9 heteroatoms. The van der Waals surface area contributed by atoms with Gasteiger partial charge in [-0.2, -0.15) is 0 Å². The van der Waals surface area contributed by atoms with Gasteiger partial charge in [-0.3, -0.25) is 14.4 Å². The number of piperazine rings is 1. The Balaban J connectivity index is 1.45. The predicted molar refractivity (Wildman–Crippen MR) is 182 cm³/mol. The Morgan fingerprint density at radius 1 is 0.766 bits per heavy atom. The first-order valence-electron chi connectivity index (χ1n) is 16.0. The first-order valence-corrected chi connectivity index (χ1v) is 16.0. The minimum atomic E-state index is -1.03. The third-order valence-corrected chi connectivity index (χ3v) is 8.31. The van der Waals surface area contributed by atoms with Crippen molar-refractivity contribution >= 4 is 23.4 Å². The van der Waals surface area contributed by atoms with Gasteiger partial charge in [-0.1, -0.05) is 91.9 Å². The highest BCUT2D eigenvalue weighted by Crippen LogP contribution is 2.36. The summed E-state index contributed by atoms with van der Waals surface area (Å²) in [5.41, 5.74) is 9.44. The van der Waals surface area contributed by atoms with Gasteiger partial charge in [-0.25, -0.2) is 0 Å². The predicted octanol–water partition coefficient (Wildman–Crippen LogP) is 5.05. The second-order valence-electron chi connectivity index (χ2n) is 11.6. The second kappa shape index (κ2) is 16.3. The molecule has 1 aliphatic rings. The van der Waals surface area contributed by atoms with Gasteiger partial charge < -0.3 is 30.3 Å². The Morgan fingerprint density at radius 3 is 1.91 bits per heavy atom. The van der Waals surface area contributed by atoms with Crippen molar-refractivity contribution in [2.75, 3.05) is 31.1 Å². The lowest BCUT2D eigenvalue weighted by molar-refractivity contribution is -0.137. The molecule has 3 N–H and O–H groups in total. The number of rotatable bonds is 14. The largest absolute Gasteiger partial charge is 0.489 e. The number of hydrogen-bond donors (Lipinski definition) is 2. The van der Waals surface area contributed by atoms with E-state index in [0.29, 0.717) is 49.8 Å². The van der Waals surface area contributed by atoms with Crippen LogP contribution in [0.4, 0.5) is 5.69 Å². The minimum absolute atomic E-state index is 0.170. The van der Waals surface area contributed by atoms with Crippen LogP contribution in [0.1, 0.15) is 42.4 Å². The molecule has 3 amide bonds. The number of benzene rings is 4. The van der Waals surface area contributed by atoms with Gasteiger partial charge in [0.25, 0.3) is 0 Å². The van der Waals surface area contributed by atoms with Gasteiger partial charge >= 0.3 is 0 Å². The zero-order valence-electron chi connectivity index (χ0n) is 26.7. The highest BCUT2D eigenvalue weighted by molar-refractivity contribution is 5.90. The van der Waals surface area contributed by atoms with Crippen LogP contribution in [0.5, 0.6) is 11.5 Å². The van der Waals surface area contributed by atoms with Gasteiger partial charge in [-0.05, 0) is 29.3 Å². The molecule has 2 atom stereocenters. The molecule has 4 aromatic rings. The van der Waals surface area contributed by atoms with Crippen LogP contribution in [0.25, 0.3) is 0 Å². The number of primary amides is 1. The zero-order chi connectivity index (χ0) is 33.0. The molecule has 4 aromatic carbocycles. The molecular weight excluding hydrogens is 592 g/mol. The highest BCUT2D eigenvalue weighted by atomic mass is 16.5. The zero-order valence-corrected chi connectivity index (χ0v) is 26.7. The van der Waals surface area contributed by atoms with E-state index in [1.54, 1.807) is 30.0 Å². The van der Waals surface area contributed by atoms with Gasteiger partial charge in [0.15, 0.2) is 0 Å². The number of anilines is 1. The van der Waals surface area contributed by atoms with Crippen LogP contribution in [0.2, 0.25) is 0 Å². The molecule has 0 radical (unpaired) electrons. The molecule has 1 fully saturated rings. The fourth-order valence-electron chi connectivity index (χ4n) is 5.77. The van der Waals surface area contributed by atoms with Crippen LogP contribution in [0.15, 0.2) is 109 Å². The van der Waals surface area contributed by atoms with E-state index in [1.165, 1.54) is 0 Å². The van der Waals surface area contributed by atoms with Gasteiger partial charge in [0.2, 0.25) is 17.7 Å². The van der Waals surface area contributed by atoms with E-state index < -0.39 is 17.9 Å². The van der Waals surface area contributed by atoms with E-state index >= 15 is 0 Å². The molecule has 47 heavy (non-hydrogen) atoms. The Labute approximate surface area is 276 Å². The number of hydrogen-bond acceptors (Lipinski definition) is 6. The molecule has 1 aliphatic heterocycles. The van der Waals surface area contributed by atoms with Crippen molar-refractivity contribution in [3.63, 3.8) is 0 Å². The number of para-hydroxylation sites is 1. The Hall–Kier alpha value is -5.31. The summed E-state index contributed by atoms with van der Waals surface area (Å²) < 4.78 is 12.5. The van der Waals surface area contributed by atoms with E-state index in [-0.39, 0.29) is 31.3 Å². The Bertz CT molecular complexity index is 1610. The quantitative estimate of drug-likeness (QED) is 0.201. The number of nitrogens with two attached hydrogens (primary N) is 1. The minimum Gasteiger partial charge on any atom is -0.489 e. The second-order valence-corrected chi connectivity index (χ2v) is 11.6. The molecule has 0 aliphatic carbocycles.